The molecule has 22 heavy (non-hydrogen) atoms. The van der Waals surface area contributed by atoms with Crippen molar-refractivity contribution in [2.24, 2.45) is 0 Å². The molecule has 0 aromatic carbocycles. The van der Waals surface area contributed by atoms with Gasteiger partial charge in [0.25, 0.3) is 0 Å². The summed E-state index contributed by atoms with van der Waals surface area (Å²) in [6, 6.07) is 3.66. The Bertz CT molecular complexity index is 635. The SMILES string of the molecule is CC(C)c1nc(C2(NCc3cc(Cl)ccn3)CCCC2)no1. The molecule has 1 saturated carbocycles. The molecule has 0 unspecified atom stereocenters. The maximum Gasteiger partial charge on any atom is 0.229 e. The molecule has 0 spiro atoms. The number of hydrogen-bond acceptors (Lipinski definition) is 5. The van der Waals surface area contributed by atoms with E-state index in [-0.39, 0.29) is 11.5 Å². The van der Waals surface area contributed by atoms with Gasteiger partial charge in [0, 0.05) is 23.7 Å². The van der Waals surface area contributed by atoms with Gasteiger partial charge in [-0.25, -0.2) is 0 Å². The van der Waals surface area contributed by atoms with Crippen LogP contribution in [0.1, 0.15) is 62.9 Å². The van der Waals surface area contributed by atoms with Gasteiger partial charge in [0.05, 0.1) is 11.2 Å². The first-order chi connectivity index (χ1) is 10.6. The Morgan fingerprint density at radius 1 is 1.36 bits per heavy atom. The number of nitrogens with one attached hydrogen (secondary N) is 1. The summed E-state index contributed by atoms with van der Waals surface area (Å²) in [5, 5.41) is 8.53. The third-order valence-corrected chi connectivity index (χ3v) is 4.44. The molecule has 1 aliphatic carbocycles. The van der Waals surface area contributed by atoms with Crippen molar-refractivity contribution in [3.05, 3.63) is 40.8 Å². The molecule has 2 aromatic heterocycles. The molecule has 0 bridgehead atoms. The minimum atomic E-state index is -0.208. The van der Waals surface area contributed by atoms with Crippen molar-refractivity contribution in [3.63, 3.8) is 0 Å². The van der Waals surface area contributed by atoms with Crippen LogP contribution in [0.3, 0.4) is 0 Å². The molecule has 0 saturated heterocycles. The Labute approximate surface area is 135 Å². The van der Waals surface area contributed by atoms with Crippen LogP contribution in [0.4, 0.5) is 0 Å². The lowest BCUT2D eigenvalue weighted by Crippen LogP contribution is -2.40. The van der Waals surface area contributed by atoms with Crippen molar-refractivity contribution in [3.8, 4) is 0 Å². The Hall–Kier alpha value is -1.46. The van der Waals surface area contributed by atoms with Gasteiger partial charge in [-0.2, -0.15) is 4.98 Å². The fourth-order valence-electron chi connectivity index (χ4n) is 2.93. The van der Waals surface area contributed by atoms with E-state index in [1.807, 2.05) is 6.07 Å². The molecule has 118 valence electrons. The number of pyridine rings is 1. The maximum absolute atomic E-state index is 6.02. The van der Waals surface area contributed by atoms with E-state index < -0.39 is 0 Å². The molecule has 2 heterocycles. The third kappa shape index (κ3) is 3.15. The van der Waals surface area contributed by atoms with Crippen LogP contribution < -0.4 is 5.32 Å². The minimum Gasteiger partial charge on any atom is -0.339 e. The molecule has 0 aliphatic heterocycles. The second kappa shape index (κ2) is 6.34. The number of rotatable bonds is 5. The van der Waals surface area contributed by atoms with Gasteiger partial charge in [0.15, 0.2) is 5.82 Å². The Morgan fingerprint density at radius 3 is 2.77 bits per heavy atom. The van der Waals surface area contributed by atoms with Crippen LogP contribution in [0.25, 0.3) is 0 Å². The van der Waals surface area contributed by atoms with E-state index in [1.54, 1.807) is 12.3 Å². The van der Waals surface area contributed by atoms with E-state index in [1.165, 1.54) is 12.8 Å². The van der Waals surface area contributed by atoms with Gasteiger partial charge in [0.2, 0.25) is 5.89 Å². The van der Waals surface area contributed by atoms with E-state index in [0.717, 1.165) is 24.4 Å². The van der Waals surface area contributed by atoms with E-state index >= 15 is 0 Å². The smallest absolute Gasteiger partial charge is 0.229 e. The van der Waals surface area contributed by atoms with Crippen molar-refractivity contribution in [1.82, 2.24) is 20.4 Å². The van der Waals surface area contributed by atoms with E-state index in [0.29, 0.717) is 17.5 Å². The summed E-state index contributed by atoms with van der Waals surface area (Å²) in [6.45, 7) is 4.76. The van der Waals surface area contributed by atoms with Crippen molar-refractivity contribution in [2.45, 2.75) is 57.5 Å². The summed E-state index contributed by atoms with van der Waals surface area (Å²) in [7, 11) is 0. The average Bonchev–Trinajstić information content (AvgIpc) is 3.15. The quantitative estimate of drug-likeness (QED) is 0.907. The largest absolute Gasteiger partial charge is 0.339 e. The van der Waals surface area contributed by atoms with Crippen LogP contribution in [0, 0.1) is 0 Å². The number of nitrogens with zero attached hydrogens (tertiary/aromatic N) is 3. The van der Waals surface area contributed by atoms with Crippen LogP contribution in [0.15, 0.2) is 22.9 Å². The topological polar surface area (TPSA) is 63.8 Å². The maximum atomic E-state index is 6.02. The third-order valence-electron chi connectivity index (χ3n) is 4.21. The van der Waals surface area contributed by atoms with E-state index in [4.69, 9.17) is 16.1 Å². The van der Waals surface area contributed by atoms with E-state index in [2.05, 4.69) is 34.3 Å². The van der Waals surface area contributed by atoms with Crippen LogP contribution in [0.5, 0.6) is 0 Å². The highest BCUT2D eigenvalue weighted by Gasteiger charge is 2.39. The Balaban J connectivity index is 1.79. The van der Waals surface area contributed by atoms with Gasteiger partial charge < -0.3 is 4.52 Å². The molecule has 1 aliphatic rings. The van der Waals surface area contributed by atoms with E-state index in [9.17, 15) is 0 Å². The zero-order valence-corrected chi connectivity index (χ0v) is 13.7. The molecule has 3 rings (SSSR count). The summed E-state index contributed by atoms with van der Waals surface area (Å²) in [5.41, 5.74) is 0.715. The predicted molar refractivity (Wildman–Crippen MR) is 84.6 cm³/mol. The van der Waals surface area contributed by atoms with Gasteiger partial charge in [0.1, 0.15) is 0 Å². The molecular formula is C16H21ClN4O. The second-order valence-electron chi connectivity index (χ2n) is 6.22. The van der Waals surface area contributed by atoms with Gasteiger partial charge in [-0.15, -0.1) is 0 Å². The number of hydrogen-bond donors (Lipinski definition) is 1. The molecular weight excluding hydrogens is 300 g/mol. The van der Waals surface area contributed by atoms with Gasteiger partial charge >= 0.3 is 0 Å². The fraction of sp³-hybridized carbons (Fsp3) is 0.562. The fourth-order valence-corrected chi connectivity index (χ4v) is 3.11. The number of halogens is 1. The summed E-state index contributed by atoms with van der Waals surface area (Å²) in [5.74, 6) is 1.72. The predicted octanol–water partition coefficient (Wildman–Crippen LogP) is 3.80. The highest BCUT2D eigenvalue weighted by molar-refractivity contribution is 6.30. The molecule has 0 atom stereocenters. The normalized spacial score (nSPS) is 17.3. The van der Waals surface area contributed by atoms with Crippen molar-refractivity contribution < 1.29 is 4.52 Å². The Kier molecular flexibility index (Phi) is 4.45. The Morgan fingerprint density at radius 2 is 2.14 bits per heavy atom. The first kappa shape index (κ1) is 15.4. The summed E-state index contributed by atoms with van der Waals surface area (Å²) < 4.78 is 5.40. The standard InChI is InChI=1S/C16H21ClN4O/c1-11(2)14-20-15(21-22-14)16(6-3-4-7-16)19-10-13-9-12(17)5-8-18-13/h5,8-9,11,19H,3-4,6-7,10H2,1-2H3. The zero-order valence-electron chi connectivity index (χ0n) is 13.0. The van der Waals surface area contributed by atoms with Crippen molar-refractivity contribution in [2.75, 3.05) is 0 Å². The summed E-state index contributed by atoms with van der Waals surface area (Å²) >= 11 is 6.02. The van der Waals surface area contributed by atoms with Crippen LogP contribution >= 0.6 is 11.6 Å². The summed E-state index contributed by atoms with van der Waals surface area (Å²) in [6.07, 6.45) is 6.10. The first-order valence-electron chi connectivity index (χ1n) is 7.79. The van der Waals surface area contributed by atoms with Crippen LogP contribution in [-0.2, 0) is 12.1 Å². The van der Waals surface area contributed by atoms with Crippen LogP contribution in [-0.4, -0.2) is 15.1 Å². The zero-order chi connectivity index (χ0) is 15.6. The highest BCUT2D eigenvalue weighted by atomic mass is 35.5. The highest BCUT2D eigenvalue weighted by Crippen LogP contribution is 2.37. The lowest BCUT2D eigenvalue weighted by atomic mass is 9.96. The molecule has 5 nitrogen and oxygen atoms in total. The summed E-state index contributed by atoms with van der Waals surface area (Å²) in [4.78, 5) is 8.95. The first-order valence-corrected chi connectivity index (χ1v) is 8.16. The minimum absolute atomic E-state index is 0.208. The molecule has 1 fully saturated rings. The van der Waals surface area contributed by atoms with Gasteiger partial charge in [-0.3, -0.25) is 10.3 Å². The lowest BCUT2D eigenvalue weighted by molar-refractivity contribution is 0.294. The second-order valence-corrected chi connectivity index (χ2v) is 6.66. The van der Waals surface area contributed by atoms with Crippen molar-refractivity contribution >= 4 is 11.6 Å². The monoisotopic (exact) mass is 320 g/mol. The number of aromatic nitrogens is 3. The average molecular weight is 321 g/mol. The van der Waals surface area contributed by atoms with Crippen LogP contribution in [0.2, 0.25) is 5.02 Å². The molecule has 2 aromatic rings. The van der Waals surface area contributed by atoms with Gasteiger partial charge in [-0.1, -0.05) is 43.4 Å². The molecule has 6 heteroatoms. The van der Waals surface area contributed by atoms with Gasteiger partial charge in [-0.05, 0) is 25.0 Å². The lowest BCUT2D eigenvalue weighted by Gasteiger charge is -2.26. The van der Waals surface area contributed by atoms with Crippen molar-refractivity contribution in [1.29, 1.82) is 0 Å². The molecule has 0 radical (unpaired) electrons. The molecule has 0 amide bonds. The molecule has 1 N–H and O–H groups in total.